The lowest BCUT2D eigenvalue weighted by Crippen LogP contribution is -1.99. The van der Waals surface area contributed by atoms with Crippen molar-refractivity contribution in [2.75, 3.05) is 0 Å². The predicted molar refractivity (Wildman–Crippen MR) is 72.4 cm³/mol. The third kappa shape index (κ3) is 3.62. The Hall–Kier alpha value is -1.77. The van der Waals surface area contributed by atoms with E-state index in [0.717, 1.165) is 18.4 Å². The number of carbonyl (C=O) groups is 1. The first-order valence-electron chi connectivity index (χ1n) is 6.08. The summed E-state index contributed by atoms with van der Waals surface area (Å²) in [5.41, 5.74) is 2.41. The Morgan fingerprint density at radius 2 is 2.17 bits per heavy atom. The van der Waals surface area contributed by atoms with E-state index in [1.165, 1.54) is 6.07 Å². The van der Waals surface area contributed by atoms with Crippen LogP contribution in [0.15, 0.2) is 35.0 Å². The van der Waals surface area contributed by atoms with Gasteiger partial charge in [0.15, 0.2) is 6.29 Å². The Balaban J connectivity index is 3.04. The van der Waals surface area contributed by atoms with Gasteiger partial charge in [-0.3, -0.25) is 9.79 Å². The molecule has 1 aromatic carbocycles. The van der Waals surface area contributed by atoms with Crippen molar-refractivity contribution < 1.29 is 9.18 Å². The van der Waals surface area contributed by atoms with Gasteiger partial charge in [0.2, 0.25) is 0 Å². The van der Waals surface area contributed by atoms with E-state index >= 15 is 0 Å². The topological polar surface area (TPSA) is 29.4 Å². The maximum Gasteiger partial charge on any atom is 0.168 e. The number of aliphatic imine (C=N–C) groups is 1. The van der Waals surface area contributed by atoms with Crippen LogP contribution in [0.2, 0.25) is 0 Å². The lowest BCUT2D eigenvalue weighted by atomic mass is 10.0. The number of carbonyl (C=O) groups excluding carboxylic acids is 1. The normalized spacial score (nSPS) is 12.7. The van der Waals surface area contributed by atoms with Crippen molar-refractivity contribution in [3.8, 4) is 0 Å². The molecule has 2 nitrogen and oxygen atoms in total. The van der Waals surface area contributed by atoms with E-state index in [9.17, 15) is 9.18 Å². The number of halogens is 1. The first-order valence-corrected chi connectivity index (χ1v) is 6.08. The predicted octanol–water partition coefficient (Wildman–Crippen LogP) is 3.69. The van der Waals surface area contributed by atoms with Crippen molar-refractivity contribution in [2.24, 2.45) is 4.99 Å². The lowest BCUT2D eigenvalue weighted by Gasteiger charge is -2.05. The first-order chi connectivity index (χ1) is 8.62. The van der Waals surface area contributed by atoms with Crippen LogP contribution in [0.3, 0.4) is 0 Å². The van der Waals surface area contributed by atoms with Crippen LogP contribution in [0.5, 0.6) is 0 Å². The molecule has 96 valence electrons. The lowest BCUT2D eigenvalue weighted by molar-refractivity contribution is -0.104. The molecule has 0 saturated heterocycles. The summed E-state index contributed by atoms with van der Waals surface area (Å²) in [6.45, 7) is 5.52. The second-order valence-electron chi connectivity index (χ2n) is 4.08. The van der Waals surface area contributed by atoms with Gasteiger partial charge in [0, 0.05) is 5.71 Å². The van der Waals surface area contributed by atoms with Crippen molar-refractivity contribution in [3.05, 3.63) is 46.9 Å². The molecule has 0 bridgehead atoms. The molecular formula is C15H18FNO. The van der Waals surface area contributed by atoms with E-state index in [4.69, 9.17) is 0 Å². The van der Waals surface area contributed by atoms with Crippen LogP contribution in [0.1, 0.15) is 38.3 Å². The first kappa shape index (κ1) is 14.3. The number of aldehydes is 1. The summed E-state index contributed by atoms with van der Waals surface area (Å²) < 4.78 is 13.8. The van der Waals surface area contributed by atoms with Gasteiger partial charge in [0.25, 0.3) is 0 Å². The molecule has 0 saturated carbocycles. The zero-order valence-corrected chi connectivity index (χ0v) is 11.0. The molecule has 1 aromatic rings. The van der Waals surface area contributed by atoms with Gasteiger partial charge < -0.3 is 0 Å². The van der Waals surface area contributed by atoms with Gasteiger partial charge in [0.05, 0.1) is 5.70 Å². The highest BCUT2D eigenvalue weighted by molar-refractivity contribution is 6.00. The van der Waals surface area contributed by atoms with Crippen LogP contribution in [-0.2, 0) is 11.2 Å². The fourth-order valence-electron chi connectivity index (χ4n) is 1.66. The minimum Gasteiger partial charge on any atom is -0.296 e. The number of nitrogens with zero attached hydrogens (tertiary/aromatic N) is 1. The molecule has 18 heavy (non-hydrogen) atoms. The average molecular weight is 247 g/mol. The molecule has 0 spiro atoms. The van der Waals surface area contributed by atoms with E-state index in [-0.39, 0.29) is 5.82 Å². The monoisotopic (exact) mass is 247 g/mol. The number of allylic oxidation sites excluding steroid dienone is 2. The van der Waals surface area contributed by atoms with Crippen LogP contribution in [0.4, 0.5) is 4.39 Å². The highest BCUT2D eigenvalue weighted by atomic mass is 19.1. The molecule has 0 amide bonds. The summed E-state index contributed by atoms with van der Waals surface area (Å²) >= 11 is 0. The summed E-state index contributed by atoms with van der Waals surface area (Å²) in [5, 5.41) is 0. The van der Waals surface area contributed by atoms with Gasteiger partial charge >= 0.3 is 0 Å². The van der Waals surface area contributed by atoms with E-state index in [1.54, 1.807) is 26.0 Å². The minimum atomic E-state index is -0.211. The second kappa shape index (κ2) is 6.84. The fourth-order valence-corrected chi connectivity index (χ4v) is 1.66. The van der Waals surface area contributed by atoms with Gasteiger partial charge in [0.1, 0.15) is 5.82 Å². The van der Waals surface area contributed by atoms with Crippen molar-refractivity contribution in [3.63, 3.8) is 0 Å². The van der Waals surface area contributed by atoms with Gasteiger partial charge in [-0.05, 0) is 37.5 Å². The molecule has 0 fully saturated rings. The maximum atomic E-state index is 13.8. The van der Waals surface area contributed by atoms with Crippen LogP contribution in [0.25, 0.3) is 0 Å². The zero-order chi connectivity index (χ0) is 13.5. The standard InChI is InChI=1S/C15H18FNO/c1-4-6-12-7-8-13(9-15(12)16)11(3)17-14(5-2)10-18/h5,7-10H,4,6H2,1-3H3/b14-5-,17-11?. The molecule has 0 radical (unpaired) electrons. The van der Waals surface area contributed by atoms with E-state index in [0.29, 0.717) is 23.3 Å². The number of benzene rings is 1. The van der Waals surface area contributed by atoms with E-state index in [2.05, 4.69) is 4.99 Å². The number of hydrogen-bond acceptors (Lipinski definition) is 2. The maximum absolute atomic E-state index is 13.8. The van der Waals surface area contributed by atoms with Crippen LogP contribution < -0.4 is 0 Å². The Kier molecular flexibility index (Phi) is 5.43. The molecule has 0 aliphatic carbocycles. The molecule has 0 unspecified atom stereocenters. The molecule has 1 rings (SSSR count). The Morgan fingerprint density at radius 1 is 1.44 bits per heavy atom. The Labute approximate surface area is 107 Å². The Bertz CT molecular complexity index is 489. The number of rotatable bonds is 5. The van der Waals surface area contributed by atoms with Gasteiger partial charge in [-0.25, -0.2) is 4.39 Å². The molecule has 3 heteroatoms. The summed E-state index contributed by atoms with van der Waals surface area (Å²) in [4.78, 5) is 14.8. The van der Waals surface area contributed by atoms with Crippen molar-refractivity contribution in [1.29, 1.82) is 0 Å². The highest BCUT2D eigenvalue weighted by Gasteiger charge is 2.05. The van der Waals surface area contributed by atoms with Crippen molar-refractivity contribution in [2.45, 2.75) is 33.6 Å². The molecule has 0 atom stereocenters. The van der Waals surface area contributed by atoms with E-state index < -0.39 is 0 Å². The molecule has 0 N–H and O–H groups in total. The quantitative estimate of drug-likeness (QED) is 0.443. The van der Waals surface area contributed by atoms with Gasteiger partial charge in [-0.15, -0.1) is 0 Å². The number of aryl methyl sites for hydroxylation is 1. The van der Waals surface area contributed by atoms with Gasteiger partial charge in [-0.1, -0.05) is 31.6 Å². The fraction of sp³-hybridized carbons (Fsp3) is 0.333. The second-order valence-corrected chi connectivity index (χ2v) is 4.08. The van der Waals surface area contributed by atoms with Crippen LogP contribution >= 0.6 is 0 Å². The molecule has 0 aromatic heterocycles. The Morgan fingerprint density at radius 3 is 2.67 bits per heavy atom. The molecule has 0 aliphatic rings. The molecular weight excluding hydrogens is 229 g/mol. The van der Waals surface area contributed by atoms with Gasteiger partial charge in [-0.2, -0.15) is 0 Å². The van der Waals surface area contributed by atoms with E-state index in [1.807, 2.05) is 13.0 Å². The smallest absolute Gasteiger partial charge is 0.168 e. The average Bonchev–Trinajstić information content (AvgIpc) is 2.38. The highest BCUT2D eigenvalue weighted by Crippen LogP contribution is 2.14. The molecule has 0 heterocycles. The largest absolute Gasteiger partial charge is 0.296 e. The minimum absolute atomic E-state index is 0.211. The summed E-state index contributed by atoms with van der Waals surface area (Å²) in [6, 6.07) is 5.09. The van der Waals surface area contributed by atoms with Crippen LogP contribution in [-0.4, -0.2) is 12.0 Å². The zero-order valence-electron chi connectivity index (χ0n) is 11.0. The number of hydrogen-bond donors (Lipinski definition) is 0. The van der Waals surface area contributed by atoms with Crippen LogP contribution in [0, 0.1) is 5.82 Å². The van der Waals surface area contributed by atoms with Crippen molar-refractivity contribution >= 4 is 12.0 Å². The summed E-state index contributed by atoms with van der Waals surface area (Å²) in [6.07, 6.45) is 3.96. The third-order valence-corrected chi connectivity index (χ3v) is 2.70. The van der Waals surface area contributed by atoms with Crippen molar-refractivity contribution in [1.82, 2.24) is 0 Å². The summed E-state index contributed by atoms with van der Waals surface area (Å²) in [7, 11) is 0. The SMILES string of the molecule is C/C=C(/C=O)N=C(C)c1ccc(CCC)c(F)c1. The third-order valence-electron chi connectivity index (χ3n) is 2.70. The summed E-state index contributed by atoms with van der Waals surface area (Å²) in [5.74, 6) is -0.211. The molecule has 0 aliphatic heterocycles.